The van der Waals surface area contributed by atoms with Gasteiger partial charge in [-0.05, 0) is 103 Å². The van der Waals surface area contributed by atoms with Crippen molar-refractivity contribution in [2.24, 2.45) is 0 Å². The summed E-state index contributed by atoms with van der Waals surface area (Å²) < 4.78 is 0. The van der Waals surface area contributed by atoms with E-state index in [2.05, 4.69) is 209 Å². The van der Waals surface area contributed by atoms with Crippen LogP contribution in [0, 0.1) is 0 Å². The summed E-state index contributed by atoms with van der Waals surface area (Å²) in [5.74, 6) is 0. The van der Waals surface area contributed by atoms with Gasteiger partial charge in [0.1, 0.15) is 0 Å². The molecule has 0 radical (unpaired) electrons. The van der Waals surface area contributed by atoms with Crippen molar-refractivity contribution < 1.29 is 0 Å². The van der Waals surface area contributed by atoms with Crippen LogP contribution in [0.3, 0.4) is 0 Å². The molecule has 1 aliphatic carbocycles. The highest BCUT2D eigenvalue weighted by atomic mass is 15.1. The van der Waals surface area contributed by atoms with E-state index in [-0.39, 0.29) is 10.8 Å². The molecule has 0 atom stereocenters. The summed E-state index contributed by atoms with van der Waals surface area (Å²) >= 11 is 0. The third-order valence-electron chi connectivity index (χ3n) is 11.0. The predicted molar refractivity (Wildman–Crippen MR) is 209 cm³/mol. The Kier molecular flexibility index (Phi) is 7.57. The molecule has 0 aliphatic heterocycles. The number of fused-ring (bicyclic) bond motifs is 3. The maximum absolute atomic E-state index is 2.43. The van der Waals surface area contributed by atoms with Crippen molar-refractivity contribution in [3.05, 3.63) is 187 Å². The normalized spacial score (nSPS) is 14.0. The van der Waals surface area contributed by atoms with E-state index in [9.17, 15) is 0 Å². The molecule has 0 unspecified atom stereocenters. The Balaban J connectivity index is 1.28. The number of nitrogens with zero attached hydrogens (tertiary/aromatic N) is 1. The Morgan fingerprint density at radius 3 is 1.39 bits per heavy atom. The second-order valence-corrected chi connectivity index (χ2v) is 14.2. The van der Waals surface area contributed by atoms with Gasteiger partial charge in [0.05, 0.1) is 5.69 Å². The molecule has 238 valence electrons. The summed E-state index contributed by atoms with van der Waals surface area (Å²) in [6.07, 6.45) is 0. The smallest absolute Gasteiger partial charge is 0.0540 e. The van der Waals surface area contributed by atoms with E-state index >= 15 is 0 Å². The highest BCUT2D eigenvalue weighted by Gasteiger charge is 2.45. The fourth-order valence-corrected chi connectivity index (χ4v) is 7.65. The van der Waals surface area contributed by atoms with Gasteiger partial charge in [0.2, 0.25) is 0 Å². The Hall–Kier alpha value is -5.66. The van der Waals surface area contributed by atoms with Gasteiger partial charge in [-0.15, -0.1) is 0 Å². The van der Waals surface area contributed by atoms with E-state index in [1.54, 1.807) is 0 Å². The molecule has 7 aromatic carbocycles. The zero-order valence-electron chi connectivity index (χ0n) is 28.7. The number of para-hydroxylation sites is 2. The molecule has 1 aliphatic rings. The van der Waals surface area contributed by atoms with E-state index in [1.165, 1.54) is 55.6 Å². The highest BCUT2D eigenvalue weighted by Crippen LogP contribution is 2.55. The van der Waals surface area contributed by atoms with Crippen molar-refractivity contribution in [3.8, 4) is 44.5 Å². The third-order valence-corrected chi connectivity index (χ3v) is 11.0. The van der Waals surface area contributed by atoms with Gasteiger partial charge in [-0.3, -0.25) is 0 Å². The Labute approximate surface area is 291 Å². The molecule has 1 nitrogen and oxygen atoms in total. The topological polar surface area (TPSA) is 3.24 Å². The molecular formula is C48H41N. The van der Waals surface area contributed by atoms with Gasteiger partial charge < -0.3 is 4.90 Å². The van der Waals surface area contributed by atoms with E-state index in [0.717, 1.165) is 17.1 Å². The lowest BCUT2D eigenvalue weighted by atomic mass is 9.55. The minimum absolute atomic E-state index is 0.0334. The maximum Gasteiger partial charge on any atom is 0.0540 e. The summed E-state index contributed by atoms with van der Waals surface area (Å²) in [6.45, 7) is 9.61. The van der Waals surface area contributed by atoms with Crippen molar-refractivity contribution in [2.75, 3.05) is 4.90 Å². The second-order valence-electron chi connectivity index (χ2n) is 14.2. The van der Waals surface area contributed by atoms with E-state index in [1.807, 2.05) is 0 Å². The first-order valence-corrected chi connectivity index (χ1v) is 17.3. The highest BCUT2D eigenvalue weighted by molar-refractivity contribution is 5.90. The van der Waals surface area contributed by atoms with Crippen LogP contribution in [0.15, 0.2) is 176 Å². The van der Waals surface area contributed by atoms with Crippen LogP contribution in [0.1, 0.15) is 38.8 Å². The fraction of sp³-hybridized carbons (Fsp3) is 0.125. The molecule has 1 heteroatoms. The Morgan fingerprint density at radius 2 is 0.776 bits per heavy atom. The maximum atomic E-state index is 2.43. The van der Waals surface area contributed by atoms with Crippen LogP contribution in [0.25, 0.3) is 44.5 Å². The fourth-order valence-electron chi connectivity index (χ4n) is 7.65. The molecule has 0 amide bonds. The van der Waals surface area contributed by atoms with Crippen LogP contribution < -0.4 is 4.90 Å². The molecule has 0 saturated heterocycles. The average molecular weight is 632 g/mol. The standard InChI is InChI=1S/C48H41N/c1-47(2)44-29-27-37(34-17-8-5-9-18-34)32-42(44)43-33-38(28-30-45(43)48(47,3)4)36-21-16-24-40(31-36)49(39-22-12-7-13-23-39)46-26-15-14-25-41(46)35-19-10-6-11-20-35/h5-33H,1-4H3. The molecular weight excluding hydrogens is 591 g/mol. The van der Waals surface area contributed by atoms with Crippen LogP contribution in [-0.4, -0.2) is 0 Å². The minimum Gasteiger partial charge on any atom is -0.310 e. The molecule has 7 aromatic rings. The summed E-state index contributed by atoms with van der Waals surface area (Å²) in [7, 11) is 0. The summed E-state index contributed by atoms with van der Waals surface area (Å²) in [4.78, 5) is 2.39. The Bertz CT molecular complexity index is 2260. The lowest BCUT2D eigenvalue weighted by Gasteiger charge is -2.48. The van der Waals surface area contributed by atoms with Gasteiger partial charge in [0.25, 0.3) is 0 Å². The van der Waals surface area contributed by atoms with Crippen molar-refractivity contribution in [1.82, 2.24) is 0 Å². The SMILES string of the molecule is CC1(C)c2ccc(-c3ccccc3)cc2-c2cc(-c3cccc(N(c4ccccc4)c4ccccc4-c4ccccc4)c3)ccc2C1(C)C. The zero-order chi connectivity index (χ0) is 33.6. The van der Waals surface area contributed by atoms with Crippen LogP contribution in [-0.2, 0) is 10.8 Å². The summed E-state index contributed by atoms with van der Waals surface area (Å²) in [5, 5.41) is 0. The first-order valence-electron chi connectivity index (χ1n) is 17.3. The molecule has 8 rings (SSSR count). The quantitative estimate of drug-likeness (QED) is 0.176. The van der Waals surface area contributed by atoms with Gasteiger partial charge in [-0.25, -0.2) is 0 Å². The molecule has 0 saturated carbocycles. The molecule has 0 bridgehead atoms. The molecule has 0 spiro atoms. The van der Waals surface area contributed by atoms with Gasteiger partial charge in [0.15, 0.2) is 0 Å². The van der Waals surface area contributed by atoms with Crippen molar-refractivity contribution in [3.63, 3.8) is 0 Å². The molecule has 0 heterocycles. The van der Waals surface area contributed by atoms with Gasteiger partial charge in [0, 0.05) is 16.9 Å². The molecule has 0 N–H and O–H groups in total. The third kappa shape index (κ3) is 5.27. The van der Waals surface area contributed by atoms with E-state index in [0.29, 0.717) is 0 Å². The second kappa shape index (κ2) is 12.1. The predicted octanol–water partition coefficient (Wildman–Crippen LogP) is 13.4. The summed E-state index contributed by atoms with van der Waals surface area (Å²) in [5.41, 5.74) is 16.1. The number of benzene rings is 7. The summed E-state index contributed by atoms with van der Waals surface area (Å²) in [6, 6.07) is 64.1. The number of anilines is 3. The van der Waals surface area contributed by atoms with Gasteiger partial charge in [-0.1, -0.05) is 161 Å². The monoisotopic (exact) mass is 631 g/mol. The van der Waals surface area contributed by atoms with Crippen LogP contribution in [0.5, 0.6) is 0 Å². The lowest BCUT2D eigenvalue weighted by Crippen LogP contribution is -2.43. The average Bonchev–Trinajstić information content (AvgIpc) is 3.15. The van der Waals surface area contributed by atoms with Crippen molar-refractivity contribution in [2.45, 2.75) is 38.5 Å². The number of hydrogen-bond donors (Lipinski definition) is 0. The van der Waals surface area contributed by atoms with E-state index < -0.39 is 0 Å². The zero-order valence-corrected chi connectivity index (χ0v) is 28.7. The number of rotatable bonds is 6. The van der Waals surface area contributed by atoms with Crippen LogP contribution in [0.2, 0.25) is 0 Å². The lowest BCUT2D eigenvalue weighted by molar-refractivity contribution is 0.299. The van der Waals surface area contributed by atoms with Crippen molar-refractivity contribution in [1.29, 1.82) is 0 Å². The van der Waals surface area contributed by atoms with Gasteiger partial charge >= 0.3 is 0 Å². The van der Waals surface area contributed by atoms with Crippen molar-refractivity contribution >= 4 is 17.1 Å². The number of hydrogen-bond acceptors (Lipinski definition) is 1. The molecule has 49 heavy (non-hydrogen) atoms. The van der Waals surface area contributed by atoms with Crippen LogP contribution in [0.4, 0.5) is 17.1 Å². The first-order chi connectivity index (χ1) is 23.8. The Morgan fingerprint density at radius 1 is 0.327 bits per heavy atom. The first kappa shape index (κ1) is 30.7. The minimum atomic E-state index is -0.0464. The molecule has 0 aromatic heterocycles. The van der Waals surface area contributed by atoms with Crippen LogP contribution >= 0.6 is 0 Å². The molecule has 0 fully saturated rings. The van der Waals surface area contributed by atoms with E-state index in [4.69, 9.17) is 0 Å². The largest absolute Gasteiger partial charge is 0.310 e. The van der Waals surface area contributed by atoms with Gasteiger partial charge in [-0.2, -0.15) is 0 Å².